The molecule has 8 nitrogen and oxygen atoms in total. The number of hydrogen-bond acceptors (Lipinski definition) is 7. The molecule has 1 atom stereocenters. The molecule has 1 aromatic carbocycles. The van der Waals surface area contributed by atoms with Gasteiger partial charge in [0.05, 0.1) is 25.6 Å². The first-order valence-corrected chi connectivity index (χ1v) is 8.08. The highest BCUT2D eigenvalue weighted by atomic mass is 19.1. The minimum atomic E-state index is -0.831. The van der Waals surface area contributed by atoms with E-state index in [1.807, 2.05) is 0 Å². The summed E-state index contributed by atoms with van der Waals surface area (Å²) >= 11 is 0. The van der Waals surface area contributed by atoms with Crippen LogP contribution in [0.15, 0.2) is 30.6 Å². The maximum Gasteiger partial charge on any atom is 0.337 e. The molecule has 9 heteroatoms. The van der Waals surface area contributed by atoms with Crippen LogP contribution in [0.2, 0.25) is 0 Å². The topological polar surface area (TPSA) is 91.2 Å². The van der Waals surface area contributed by atoms with E-state index in [0.717, 1.165) is 12.0 Å². The van der Waals surface area contributed by atoms with Crippen LogP contribution < -0.4 is 5.32 Å². The molecule has 0 radical (unpaired) electrons. The molecule has 1 N–H and O–H groups in total. The molecule has 0 aliphatic carbocycles. The van der Waals surface area contributed by atoms with Crippen molar-refractivity contribution in [3.63, 3.8) is 0 Å². The Kier molecular flexibility index (Phi) is 4.21. The molecule has 1 fully saturated rings. The van der Waals surface area contributed by atoms with Crippen molar-refractivity contribution in [1.29, 1.82) is 0 Å². The van der Waals surface area contributed by atoms with Gasteiger partial charge in [0.15, 0.2) is 17.0 Å². The molecule has 4 rings (SSSR count). The van der Waals surface area contributed by atoms with Crippen molar-refractivity contribution in [2.75, 3.05) is 19.0 Å². The fourth-order valence-electron chi connectivity index (χ4n) is 2.73. The maximum atomic E-state index is 13.9. The van der Waals surface area contributed by atoms with E-state index in [4.69, 9.17) is 4.74 Å². The van der Waals surface area contributed by atoms with Gasteiger partial charge in [0.25, 0.3) is 0 Å². The van der Waals surface area contributed by atoms with Gasteiger partial charge in [0.2, 0.25) is 0 Å². The Hall–Kier alpha value is -3.07. The highest BCUT2D eigenvalue weighted by Gasteiger charge is 2.24. The fraction of sp³-hybridized carbons (Fsp3) is 0.294. The normalized spacial score (nSPS) is 16.3. The molecule has 0 bridgehead atoms. The average Bonchev–Trinajstić information content (AvgIpc) is 3.01. The standard InChI is InChI=1S/C17H16FN5O3/c1-25-16(24)11-4-2-10(3-5-11)8-19-14-13-15(22-17(18)21-14)23(9-20-13)12-6-7-26-12/h2-5,9,12H,6-8H2,1H3,(H,19,21,22). The number of nitrogens with zero attached hydrogens (tertiary/aromatic N) is 4. The third-order valence-electron chi connectivity index (χ3n) is 4.21. The largest absolute Gasteiger partial charge is 0.465 e. The van der Waals surface area contributed by atoms with Crippen molar-refractivity contribution in [2.24, 2.45) is 0 Å². The summed E-state index contributed by atoms with van der Waals surface area (Å²) in [4.78, 5) is 23.4. The number of esters is 1. The number of rotatable bonds is 5. The number of aromatic nitrogens is 4. The smallest absolute Gasteiger partial charge is 0.337 e. The number of carbonyl (C=O) groups excluding carboxylic acids is 1. The molecule has 1 aliphatic rings. The zero-order chi connectivity index (χ0) is 18.1. The molecule has 2 aromatic heterocycles. The molecule has 1 saturated heterocycles. The predicted molar refractivity (Wildman–Crippen MR) is 90.0 cm³/mol. The molecule has 0 saturated carbocycles. The van der Waals surface area contributed by atoms with Crippen LogP contribution >= 0.6 is 0 Å². The molecular formula is C17H16FN5O3. The molecule has 26 heavy (non-hydrogen) atoms. The lowest BCUT2D eigenvalue weighted by Crippen LogP contribution is -2.24. The molecule has 1 aliphatic heterocycles. The van der Waals surface area contributed by atoms with Crippen LogP contribution in [0.1, 0.15) is 28.6 Å². The van der Waals surface area contributed by atoms with Crippen LogP contribution in [0, 0.1) is 6.08 Å². The number of hydrogen-bond donors (Lipinski definition) is 1. The van der Waals surface area contributed by atoms with Crippen molar-refractivity contribution in [1.82, 2.24) is 19.5 Å². The van der Waals surface area contributed by atoms with E-state index in [9.17, 15) is 9.18 Å². The van der Waals surface area contributed by atoms with E-state index in [0.29, 0.717) is 35.7 Å². The third kappa shape index (κ3) is 2.97. The van der Waals surface area contributed by atoms with E-state index in [1.54, 1.807) is 35.2 Å². The fourth-order valence-corrected chi connectivity index (χ4v) is 2.73. The Morgan fingerprint density at radius 3 is 2.81 bits per heavy atom. The van der Waals surface area contributed by atoms with Gasteiger partial charge < -0.3 is 14.8 Å². The lowest BCUT2D eigenvalue weighted by molar-refractivity contribution is -0.0974. The summed E-state index contributed by atoms with van der Waals surface area (Å²) in [6.07, 6.45) is 1.43. The van der Waals surface area contributed by atoms with Crippen molar-refractivity contribution in [3.8, 4) is 0 Å². The predicted octanol–water partition coefficient (Wildman–Crippen LogP) is 2.28. The van der Waals surface area contributed by atoms with Crippen LogP contribution in [-0.4, -0.2) is 39.2 Å². The highest BCUT2D eigenvalue weighted by molar-refractivity contribution is 5.89. The minimum Gasteiger partial charge on any atom is -0.465 e. The van der Waals surface area contributed by atoms with Crippen molar-refractivity contribution in [3.05, 3.63) is 47.8 Å². The second kappa shape index (κ2) is 6.68. The summed E-state index contributed by atoms with van der Waals surface area (Å²) in [6.45, 7) is 1.06. The lowest BCUT2D eigenvalue weighted by atomic mass is 10.1. The maximum absolute atomic E-state index is 13.9. The number of halogens is 1. The van der Waals surface area contributed by atoms with Gasteiger partial charge >= 0.3 is 12.0 Å². The van der Waals surface area contributed by atoms with Gasteiger partial charge in [0.1, 0.15) is 6.23 Å². The summed E-state index contributed by atoms with van der Waals surface area (Å²) in [5, 5.41) is 3.07. The van der Waals surface area contributed by atoms with E-state index in [-0.39, 0.29) is 6.23 Å². The Labute approximate surface area is 148 Å². The Balaban J connectivity index is 1.55. The Morgan fingerprint density at radius 1 is 1.38 bits per heavy atom. The summed E-state index contributed by atoms with van der Waals surface area (Å²) in [7, 11) is 1.33. The third-order valence-corrected chi connectivity index (χ3v) is 4.21. The number of benzene rings is 1. The van der Waals surface area contributed by atoms with Gasteiger partial charge in [-0.25, -0.2) is 9.78 Å². The van der Waals surface area contributed by atoms with Crippen molar-refractivity contribution < 1.29 is 18.7 Å². The molecule has 0 amide bonds. The second-order valence-electron chi connectivity index (χ2n) is 5.82. The van der Waals surface area contributed by atoms with Crippen LogP contribution in [0.5, 0.6) is 0 Å². The number of fused-ring (bicyclic) bond motifs is 1. The van der Waals surface area contributed by atoms with Gasteiger partial charge in [-0.05, 0) is 17.7 Å². The Morgan fingerprint density at radius 2 is 2.15 bits per heavy atom. The number of imidazole rings is 1. The van der Waals surface area contributed by atoms with E-state index >= 15 is 0 Å². The molecule has 1 unspecified atom stereocenters. The first kappa shape index (κ1) is 16.4. The summed E-state index contributed by atoms with van der Waals surface area (Å²) in [6, 6.07) is 6.91. The average molecular weight is 357 g/mol. The van der Waals surface area contributed by atoms with Gasteiger partial charge in [-0.3, -0.25) is 4.57 Å². The SMILES string of the molecule is COC(=O)c1ccc(CNc2nc(F)nc3c2ncn3C2CCO2)cc1. The quantitative estimate of drug-likeness (QED) is 0.553. The van der Waals surface area contributed by atoms with Gasteiger partial charge in [-0.1, -0.05) is 12.1 Å². The number of nitrogens with one attached hydrogen (secondary N) is 1. The molecule has 3 heterocycles. The number of ether oxygens (including phenoxy) is 2. The molecular weight excluding hydrogens is 341 g/mol. The monoisotopic (exact) mass is 357 g/mol. The second-order valence-corrected chi connectivity index (χ2v) is 5.82. The molecule has 134 valence electrons. The first-order chi connectivity index (χ1) is 12.7. The van der Waals surface area contributed by atoms with E-state index in [2.05, 4.69) is 25.0 Å². The lowest BCUT2D eigenvalue weighted by Gasteiger charge is -2.27. The number of methoxy groups -OCH3 is 1. The molecule has 3 aromatic rings. The van der Waals surface area contributed by atoms with Crippen molar-refractivity contribution >= 4 is 23.0 Å². The van der Waals surface area contributed by atoms with E-state index in [1.165, 1.54) is 7.11 Å². The van der Waals surface area contributed by atoms with Crippen LogP contribution in [-0.2, 0) is 16.0 Å². The number of carbonyl (C=O) groups is 1. The number of anilines is 1. The van der Waals surface area contributed by atoms with Crippen molar-refractivity contribution in [2.45, 2.75) is 19.2 Å². The zero-order valence-corrected chi connectivity index (χ0v) is 14.0. The summed E-state index contributed by atoms with van der Waals surface area (Å²) in [5.74, 6) is -0.0875. The van der Waals surface area contributed by atoms with Crippen LogP contribution in [0.4, 0.5) is 10.2 Å². The molecule has 0 spiro atoms. The minimum absolute atomic E-state index is 0.159. The van der Waals surface area contributed by atoms with Crippen LogP contribution in [0.3, 0.4) is 0 Å². The summed E-state index contributed by atoms with van der Waals surface area (Å²) in [5.41, 5.74) is 2.23. The Bertz CT molecular complexity index is 953. The van der Waals surface area contributed by atoms with E-state index < -0.39 is 12.0 Å². The van der Waals surface area contributed by atoms with Gasteiger partial charge in [-0.2, -0.15) is 14.4 Å². The first-order valence-electron chi connectivity index (χ1n) is 8.08. The van der Waals surface area contributed by atoms with Crippen LogP contribution in [0.25, 0.3) is 11.2 Å². The zero-order valence-electron chi connectivity index (χ0n) is 14.0. The summed E-state index contributed by atoms with van der Waals surface area (Å²) < 4.78 is 25.6. The van der Waals surface area contributed by atoms with Gasteiger partial charge in [0, 0.05) is 13.0 Å². The van der Waals surface area contributed by atoms with Gasteiger partial charge in [-0.15, -0.1) is 0 Å². The highest BCUT2D eigenvalue weighted by Crippen LogP contribution is 2.28.